The molecule has 0 atom stereocenters. The van der Waals surface area contributed by atoms with E-state index in [2.05, 4.69) is 4.98 Å². The van der Waals surface area contributed by atoms with Crippen molar-refractivity contribution in [3.63, 3.8) is 0 Å². The van der Waals surface area contributed by atoms with E-state index >= 15 is 0 Å². The second-order valence-corrected chi connectivity index (χ2v) is 6.68. The molecule has 0 aliphatic heterocycles. The number of benzene rings is 1. The molecule has 0 bridgehead atoms. The number of aryl methyl sites for hydroxylation is 2. The van der Waals surface area contributed by atoms with Crippen molar-refractivity contribution in [2.45, 2.75) is 13.8 Å². The number of aromatic nitrogens is 1. The highest BCUT2D eigenvalue weighted by Gasteiger charge is 2.16. The van der Waals surface area contributed by atoms with Crippen molar-refractivity contribution in [1.29, 1.82) is 0 Å². The molecular weight excluding hydrogens is 310 g/mol. The maximum Gasteiger partial charge on any atom is 0.357 e. The number of carbonyl (C=O) groups is 2. The maximum absolute atomic E-state index is 12.1. The van der Waals surface area contributed by atoms with Crippen molar-refractivity contribution < 1.29 is 14.3 Å². The van der Waals surface area contributed by atoms with Crippen molar-refractivity contribution in [2.24, 2.45) is 0 Å². The van der Waals surface area contributed by atoms with Crippen molar-refractivity contribution >= 4 is 34.0 Å². The zero-order chi connectivity index (χ0) is 16.4. The van der Waals surface area contributed by atoms with Crippen molar-refractivity contribution in [2.75, 3.05) is 6.61 Å². The summed E-state index contributed by atoms with van der Waals surface area (Å²) in [4.78, 5) is 30.5. The second kappa shape index (κ2) is 6.30. The summed E-state index contributed by atoms with van der Waals surface area (Å²) in [5.41, 5.74) is 1.54. The van der Waals surface area contributed by atoms with Gasteiger partial charge in [-0.15, -0.1) is 11.3 Å². The van der Waals surface area contributed by atoms with E-state index in [1.807, 2.05) is 50.2 Å². The van der Waals surface area contributed by atoms with E-state index in [0.29, 0.717) is 5.56 Å². The molecule has 0 aliphatic carbocycles. The molecule has 0 spiro atoms. The van der Waals surface area contributed by atoms with Crippen molar-refractivity contribution in [1.82, 2.24) is 4.98 Å². The van der Waals surface area contributed by atoms with Crippen LogP contribution in [0.3, 0.4) is 0 Å². The third-order valence-corrected chi connectivity index (χ3v) is 4.45. The molecule has 2 heterocycles. The van der Waals surface area contributed by atoms with Gasteiger partial charge in [-0.05, 0) is 32.0 Å². The van der Waals surface area contributed by atoms with E-state index in [1.54, 1.807) is 17.4 Å². The molecule has 0 radical (unpaired) electrons. The van der Waals surface area contributed by atoms with E-state index in [4.69, 9.17) is 4.74 Å². The zero-order valence-corrected chi connectivity index (χ0v) is 13.6. The molecule has 3 rings (SSSR count). The molecular formula is C18H15NO3S. The van der Waals surface area contributed by atoms with Gasteiger partial charge >= 0.3 is 5.97 Å². The summed E-state index contributed by atoms with van der Waals surface area (Å²) in [6, 6.07) is 12.8. The van der Waals surface area contributed by atoms with E-state index in [-0.39, 0.29) is 18.1 Å². The Morgan fingerprint density at radius 1 is 1.13 bits per heavy atom. The Morgan fingerprint density at radius 3 is 2.65 bits per heavy atom. The number of pyridine rings is 1. The minimum Gasteiger partial charge on any atom is -0.453 e. The Kier molecular flexibility index (Phi) is 4.21. The molecule has 2 aromatic heterocycles. The number of thiophene rings is 1. The standard InChI is InChI=1S/C18H15NO3S/c1-11-9-14(12(2)23-11)17(20)10-22-18(21)16-8-7-13-5-3-4-6-15(13)19-16/h3-9H,10H2,1-2H3. The van der Waals surface area contributed by atoms with Gasteiger partial charge in [0.15, 0.2) is 6.61 Å². The number of ketones is 1. The first kappa shape index (κ1) is 15.4. The Hall–Kier alpha value is -2.53. The summed E-state index contributed by atoms with van der Waals surface area (Å²) in [6.45, 7) is 3.56. The van der Waals surface area contributed by atoms with E-state index in [0.717, 1.165) is 20.7 Å². The van der Waals surface area contributed by atoms with Gasteiger partial charge in [0.05, 0.1) is 5.52 Å². The maximum atomic E-state index is 12.1. The normalized spacial score (nSPS) is 10.7. The molecule has 0 fully saturated rings. The smallest absolute Gasteiger partial charge is 0.357 e. The van der Waals surface area contributed by atoms with Gasteiger partial charge in [-0.25, -0.2) is 9.78 Å². The number of nitrogens with zero attached hydrogens (tertiary/aromatic N) is 1. The van der Waals surface area contributed by atoms with Crippen LogP contribution in [0.5, 0.6) is 0 Å². The topological polar surface area (TPSA) is 56.3 Å². The number of para-hydroxylation sites is 1. The molecule has 116 valence electrons. The van der Waals surface area contributed by atoms with Gasteiger partial charge in [0.1, 0.15) is 5.69 Å². The number of ether oxygens (including phenoxy) is 1. The number of hydrogen-bond donors (Lipinski definition) is 0. The number of esters is 1. The Balaban J connectivity index is 1.71. The second-order valence-electron chi connectivity index (χ2n) is 5.22. The highest BCUT2D eigenvalue weighted by Crippen LogP contribution is 2.21. The van der Waals surface area contributed by atoms with Crippen LogP contribution in [0.2, 0.25) is 0 Å². The molecule has 0 N–H and O–H groups in total. The molecule has 0 amide bonds. The van der Waals surface area contributed by atoms with Gasteiger partial charge < -0.3 is 4.74 Å². The zero-order valence-electron chi connectivity index (χ0n) is 12.8. The molecule has 1 aromatic carbocycles. The lowest BCUT2D eigenvalue weighted by molar-refractivity contribution is 0.0469. The highest BCUT2D eigenvalue weighted by molar-refractivity contribution is 7.12. The van der Waals surface area contributed by atoms with Crippen LogP contribution in [0.15, 0.2) is 42.5 Å². The van der Waals surface area contributed by atoms with E-state index in [9.17, 15) is 9.59 Å². The minimum absolute atomic E-state index is 0.194. The summed E-state index contributed by atoms with van der Waals surface area (Å²) < 4.78 is 5.11. The van der Waals surface area contributed by atoms with Gasteiger partial charge in [-0.3, -0.25) is 4.79 Å². The highest BCUT2D eigenvalue weighted by atomic mass is 32.1. The Labute approximate surface area is 137 Å². The van der Waals surface area contributed by atoms with Crippen LogP contribution in [-0.4, -0.2) is 23.3 Å². The first-order valence-electron chi connectivity index (χ1n) is 7.18. The summed E-state index contributed by atoms with van der Waals surface area (Å²) in [7, 11) is 0. The summed E-state index contributed by atoms with van der Waals surface area (Å²) >= 11 is 1.56. The van der Waals surface area contributed by atoms with E-state index in [1.165, 1.54) is 0 Å². The number of rotatable bonds is 4. The third-order valence-electron chi connectivity index (χ3n) is 3.48. The molecule has 4 nitrogen and oxygen atoms in total. The predicted molar refractivity (Wildman–Crippen MR) is 90.1 cm³/mol. The van der Waals surface area contributed by atoms with E-state index < -0.39 is 5.97 Å². The molecule has 5 heteroatoms. The van der Waals surface area contributed by atoms with Crippen LogP contribution < -0.4 is 0 Å². The van der Waals surface area contributed by atoms with Gasteiger partial charge in [-0.2, -0.15) is 0 Å². The number of carbonyl (C=O) groups excluding carboxylic acids is 2. The summed E-state index contributed by atoms with van der Waals surface area (Å²) in [5.74, 6) is -0.783. The van der Waals surface area contributed by atoms with Crippen LogP contribution in [0.1, 0.15) is 30.6 Å². The van der Waals surface area contributed by atoms with Crippen molar-refractivity contribution in [3.8, 4) is 0 Å². The SMILES string of the molecule is Cc1cc(C(=O)COC(=O)c2ccc3ccccc3n2)c(C)s1. The van der Waals surface area contributed by atoms with Crippen LogP contribution in [0.25, 0.3) is 10.9 Å². The van der Waals surface area contributed by atoms with Gasteiger partial charge in [0.2, 0.25) is 5.78 Å². The van der Waals surface area contributed by atoms with Crippen LogP contribution in [0, 0.1) is 13.8 Å². The number of hydrogen-bond acceptors (Lipinski definition) is 5. The average Bonchev–Trinajstić information content (AvgIpc) is 2.90. The van der Waals surface area contributed by atoms with Crippen LogP contribution in [0.4, 0.5) is 0 Å². The molecule has 23 heavy (non-hydrogen) atoms. The Bertz CT molecular complexity index is 898. The fraction of sp³-hybridized carbons (Fsp3) is 0.167. The molecule has 0 unspecified atom stereocenters. The average molecular weight is 325 g/mol. The summed E-state index contributed by atoms with van der Waals surface area (Å²) in [6.07, 6.45) is 0. The van der Waals surface area contributed by atoms with Gasteiger partial charge in [0.25, 0.3) is 0 Å². The first-order chi connectivity index (χ1) is 11.0. The lowest BCUT2D eigenvalue weighted by Crippen LogP contribution is -2.15. The minimum atomic E-state index is -0.589. The Morgan fingerprint density at radius 2 is 1.91 bits per heavy atom. The van der Waals surface area contributed by atoms with Crippen LogP contribution in [-0.2, 0) is 4.74 Å². The lowest BCUT2D eigenvalue weighted by atomic mass is 10.2. The van der Waals surface area contributed by atoms with Gasteiger partial charge in [-0.1, -0.05) is 24.3 Å². The summed E-state index contributed by atoms with van der Waals surface area (Å²) in [5, 5.41) is 0.949. The lowest BCUT2D eigenvalue weighted by Gasteiger charge is -2.05. The monoisotopic (exact) mass is 325 g/mol. The molecule has 0 aliphatic rings. The third kappa shape index (κ3) is 3.29. The fourth-order valence-electron chi connectivity index (χ4n) is 2.37. The molecule has 0 saturated heterocycles. The quantitative estimate of drug-likeness (QED) is 0.538. The van der Waals surface area contributed by atoms with Crippen LogP contribution >= 0.6 is 11.3 Å². The molecule has 3 aromatic rings. The number of fused-ring (bicyclic) bond motifs is 1. The first-order valence-corrected chi connectivity index (χ1v) is 7.99. The predicted octanol–water partition coefficient (Wildman–Crippen LogP) is 3.95. The van der Waals surface area contributed by atoms with Gasteiger partial charge in [0, 0.05) is 20.7 Å². The molecule has 0 saturated carbocycles. The largest absolute Gasteiger partial charge is 0.453 e. The number of Topliss-reactive ketones (excluding diaryl/α,β-unsaturated/α-hetero) is 1. The van der Waals surface area contributed by atoms with Crippen molar-refractivity contribution in [3.05, 3.63) is 63.5 Å². The fourth-order valence-corrected chi connectivity index (χ4v) is 3.31.